The van der Waals surface area contributed by atoms with E-state index in [1.165, 1.54) is 25.3 Å². The molecular weight excluding hydrogens is 344 g/mol. The van der Waals surface area contributed by atoms with Crippen molar-refractivity contribution >= 4 is 17.3 Å². The molecule has 0 atom stereocenters. The van der Waals surface area contributed by atoms with E-state index in [1.807, 2.05) is 0 Å². The highest BCUT2D eigenvalue weighted by atomic mass is 19.3. The fourth-order valence-electron chi connectivity index (χ4n) is 1.94. The molecular formula is C16H14F4N2O3. The average Bonchev–Trinajstić information content (AvgIpc) is 2.55. The van der Waals surface area contributed by atoms with Crippen molar-refractivity contribution < 1.29 is 31.8 Å². The maximum atomic E-state index is 13.5. The molecule has 2 aromatic carbocycles. The molecule has 2 aromatic rings. The fourth-order valence-corrected chi connectivity index (χ4v) is 1.94. The van der Waals surface area contributed by atoms with Gasteiger partial charge in [-0.05, 0) is 24.3 Å². The minimum absolute atomic E-state index is 0.101. The van der Waals surface area contributed by atoms with Gasteiger partial charge in [-0.1, -0.05) is 0 Å². The molecule has 0 saturated heterocycles. The Balaban J connectivity index is 1.99. The third kappa shape index (κ3) is 5.27. The van der Waals surface area contributed by atoms with Gasteiger partial charge in [0.1, 0.15) is 11.6 Å². The van der Waals surface area contributed by atoms with Crippen LogP contribution in [-0.2, 0) is 4.79 Å². The Morgan fingerprint density at radius 3 is 2.52 bits per heavy atom. The van der Waals surface area contributed by atoms with Crippen molar-refractivity contribution in [3.63, 3.8) is 0 Å². The molecule has 0 spiro atoms. The smallest absolute Gasteiger partial charge is 0.387 e. The summed E-state index contributed by atoms with van der Waals surface area (Å²) in [4.78, 5) is 11.8. The molecule has 0 aliphatic carbocycles. The van der Waals surface area contributed by atoms with Crippen LogP contribution in [0.1, 0.15) is 0 Å². The molecule has 2 rings (SSSR count). The minimum atomic E-state index is -3.03. The molecule has 9 heteroatoms. The minimum Gasteiger partial charge on any atom is -0.493 e. The van der Waals surface area contributed by atoms with Gasteiger partial charge in [-0.25, -0.2) is 8.78 Å². The number of alkyl halides is 2. The highest BCUT2D eigenvalue weighted by molar-refractivity contribution is 5.93. The van der Waals surface area contributed by atoms with Crippen molar-refractivity contribution in [3.05, 3.63) is 48.0 Å². The molecule has 0 aliphatic rings. The summed E-state index contributed by atoms with van der Waals surface area (Å²) in [5.41, 5.74) is 0.135. The van der Waals surface area contributed by atoms with Crippen molar-refractivity contribution in [2.75, 3.05) is 24.3 Å². The van der Waals surface area contributed by atoms with Crippen molar-refractivity contribution in [2.24, 2.45) is 0 Å². The Morgan fingerprint density at radius 2 is 1.88 bits per heavy atom. The molecule has 0 saturated carbocycles. The van der Waals surface area contributed by atoms with Gasteiger partial charge in [0.25, 0.3) is 0 Å². The largest absolute Gasteiger partial charge is 0.493 e. The molecule has 0 aromatic heterocycles. The van der Waals surface area contributed by atoms with E-state index in [-0.39, 0.29) is 23.7 Å². The van der Waals surface area contributed by atoms with E-state index in [2.05, 4.69) is 15.4 Å². The third-order valence-corrected chi connectivity index (χ3v) is 3.04. The van der Waals surface area contributed by atoms with Crippen LogP contribution in [-0.4, -0.2) is 26.2 Å². The average molecular weight is 358 g/mol. The Morgan fingerprint density at radius 1 is 1.12 bits per heavy atom. The van der Waals surface area contributed by atoms with E-state index in [0.29, 0.717) is 11.8 Å². The number of carbonyl (C=O) groups is 1. The third-order valence-electron chi connectivity index (χ3n) is 3.04. The number of amides is 1. The van der Waals surface area contributed by atoms with Crippen LogP contribution in [0.3, 0.4) is 0 Å². The predicted octanol–water partition coefficient (Wildman–Crippen LogP) is 3.63. The summed E-state index contributed by atoms with van der Waals surface area (Å²) >= 11 is 0. The highest BCUT2D eigenvalue weighted by Crippen LogP contribution is 2.31. The molecule has 0 radical (unpaired) electrons. The number of nitrogens with one attached hydrogen (secondary N) is 2. The quantitative estimate of drug-likeness (QED) is 0.742. The Bertz CT molecular complexity index is 756. The predicted molar refractivity (Wildman–Crippen MR) is 83.1 cm³/mol. The molecule has 25 heavy (non-hydrogen) atoms. The number of hydrogen-bond acceptors (Lipinski definition) is 4. The van der Waals surface area contributed by atoms with Crippen LogP contribution in [0.25, 0.3) is 0 Å². The number of anilines is 2. The maximum Gasteiger partial charge on any atom is 0.387 e. The van der Waals surface area contributed by atoms with E-state index in [1.54, 1.807) is 0 Å². The van der Waals surface area contributed by atoms with E-state index in [4.69, 9.17) is 4.74 Å². The van der Waals surface area contributed by atoms with Crippen LogP contribution in [0.5, 0.6) is 11.5 Å². The standard InChI is InChI=1S/C16H14F4N2O3/c1-24-13-5-3-10(7-14(13)25-16(19)20)21-8-15(23)22-12-4-2-9(17)6-11(12)18/h2-7,16,21H,8H2,1H3,(H,22,23). The first-order valence-corrected chi connectivity index (χ1v) is 7.00. The number of carbonyl (C=O) groups excluding carboxylic acids is 1. The monoisotopic (exact) mass is 358 g/mol. The summed E-state index contributed by atoms with van der Waals surface area (Å²) in [6.45, 7) is -3.31. The maximum absolute atomic E-state index is 13.5. The molecule has 0 fully saturated rings. The molecule has 5 nitrogen and oxygen atoms in total. The van der Waals surface area contributed by atoms with Crippen molar-refractivity contribution in [2.45, 2.75) is 6.61 Å². The number of benzene rings is 2. The van der Waals surface area contributed by atoms with Crippen molar-refractivity contribution in [1.29, 1.82) is 0 Å². The first-order chi connectivity index (χ1) is 11.9. The first kappa shape index (κ1) is 18.4. The van der Waals surface area contributed by atoms with E-state index >= 15 is 0 Å². The van der Waals surface area contributed by atoms with Gasteiger partial charge in [-0.15, -0.1) is 0 Å². The molecule has 1 amide bonds. The molecule has 0 bridgehead atoms. The van der Waals surface area contributed by atoms with Crippen LogP contribution in [0.15, 0.2) is 36.4 Å². The van der Waals surface area contributed by atoms with Crippen molar-refractivity contribution in [3.8, 4) is 11.5 Å². The van der Waals surface area contributed by atoms with Gasteiger partial charge in [0.05, 0.1) is 19.3 Å². The lowest BCUT2D eigenvalue weighted by Crippen LogP contribution is -2.22. The second kappa shape index (κ2) is 8.22. The van der Waals surface area contributed by atoms with Gasteiger partial charge in [-0.2, -0.15) is 8.78 Å². The van der Waals surface area contributed by atoms with Gasteiger partial charge in [0.2, 0.25) is 5.91 Å². The van der Waals surface area contributed by atoms with Crippen LogP contribution in [0, 0.1) is 11.6 Å². The summed E-state index contributed by atoms with van der Waals surface area (Å²) < 4.78 is 60.2. The van der Waals surface area contributed by atoms with Gasteiger partial charge in [0.15, 0.2) is 11.5 Å². The summed E-state index contributed by atoms with van der Waals surface area (Å²) in [5.74, 6) is -2.39. The van der Waals surface area contributed by atoms with Gasteiger partial charge < -0.3 is 20.1 Å². The zero-order valence-corrected chi connectivity index (χ0v) is 13.0. The van der Waals surface area contributed by atoms with Crippen molar-refractivity contribution in [1.82, 2.24) is 0 Å². The second-order valence-electron chi connectivity index (χ2n) is 4.77. The number of methoxy groups -OCH3 is 1. The van der Waals surface area contributed by atoms with E-state index in [0.717, 1.165) is 12.1 Å². The lowest BCUT2D eigenvalue weighted by Gasteiger charge is -2.13. The summed E-state index contributed by atoms with van der Waals surface area (Å²) in [5, 5.41) is 4.93. The number of hydrogen-bond donors (Lipinski definition) is 2. The number of ether oxygens (including phenoxy) is 2. The van der Waals surface area contributed by atoms with Gasteiger partial charge in [-0.3, -0.25) is 4.79 Å². The fraction of sp³-hybridized carbons (Fsp3) is 0.188. The molecule has 0 heterocycles. The molecule has 0 unspecified atom stereocenters. The SMILES string of the molecule is COc1ccc(NCC(=O)Nc2ccc(F)cc2F)cc1OC(F)F. The normalized spacial score (nSPS) is 10.5. The zero-order chi connectivity index (χ0) is 18.4. The summed E-state index contributed by atoms with van der Waals surface area (Å²) in [6, 6.07) is 6.84. The van der Waals surface area contributed by atoms with Crippen LogP contribution in [0.4, 0.5) is 28.9 Å². The topological polar surface area (TPSA) is 59.6 Å². The Kier molecular flexibility index (Phi) is 6.04. The summed E-state index contributed by atoms with van der Waals surface area (Å²) in [7, 11) is 1.30. The number of halogens is 4. The lowest BCUT2D eigenvalue weighted by atomic mass is 10.2. The van der Waals surface area contributed by atoms with Gasteiger partial charge in [0, 0.05) is 17.8 Å². The zero-order valence-electron chi connectivity index (χ0n) is 13.0. The Labute approximate surface area is 140 Å². The van der Waals surface area contributed by atoms with E-state index < -0.39 is 24.2 Å². The van der Waals surface area contributed by atoms with Crippen LogP contribution >= 0.6 is 0 Å². The highest BCUT2D eigenvalue weighted by Gasteiger charge is 2.12. The summed E-state index contributed by atoms with van der Waals surface area (Å²) in [6.07, 6.45) is 0. The lowest BCUT2D eigenvalue weighted by molar-refractivity contribution is -0.114. The van der Waals surface area contributed by atoms with Crippen LogP contribution in [0.2, 0.25) is 0 Å². The number of rotatable bonds is 7. The molecule has 2 N–H and O–H groups in total. The van der Waals surface area contributed by atoms with Crippen LogP contribution < -0.4 is 20.1 Å². The first-order valence-electron chi connectivity index (χ1n) is 7.00. The second-order valence-corrected chi connectivity index (χ2v) is 4.77. The molecule has 134 valence electrons. The van der Waals surface area contributed by atoms with Gasteiger partial charge >= 0.3 is 6.61 Å². The Hall–Kier alpha value is -2.97. The molecule has 0 aliphatic heterocycles. The van der Waals surface area contributed by atoms with E-state index in [9.17, 15) is 22.4 Å².